The maximum Gasteiger partial charge on any atom is 0.156 e. The number of rotatable bonds is 5. The third-order valence-corrected chi connectivity index (χ3v) is 2.97. The van der Waals surface area contributed by atoms with E-state index in [2.05, 4.69) is 29.0 Å². The lowest BCUT2D eigenvalue weighted by Gasteiger charge is -2.06. The van der Waals surface area contributed by atoms with E-state index < -0.39 is 0 Å². The van der Waals surface area contributed by atoms with Crippen LogP contribution in [-0.2, 0) is 17.8 Å². The van der Waals surface area contributed by atoms with Crippen LogP contribution < -0.4 is 0 Å². The largest absolute Gasteiger partial charge is 0.377 e. The SMILES string of the molecule is CCCc1cccc(-c2cc(Cl)nc(COC)n2)c1. The van der Waals surface area contributed by atoms with Gasteiger partial charge < -0.3 is 4.74 Å². The first-order chi connectivity index (χ1) is 9.22. The van der Waals surface area contributed by atoms with Crippen molar-refractivity contribution >= 4 is 11.6 Å². The molecule has 0 unspecified atom stereocenters. The fourth-order valence-corrected chi connectivity index (χ4v) is 2.18. The molecule has 1 aromatic heterocycles. The first-order valence-corrected chi connectivity index (χ1v) is 6.72. The molecule has 19 heavy (non-hydrogen) atoms. The first-order valence-electron chi connectivity index (χ1n) is 6.34. The molecule has 0 N–H and O–H groups in total. The normalized spacial score (nSPS) is 10.7. The monoisotopic (exact) mass is 276 g/mol. The van der Waals surface area contributed by atoms with E-state index >= 15 is 0 Å². The molecule has 0 saturated heterocycles. The van der Waals surface area contributed by atoms with Crippen LogP contribution in [0.4, 0.5) is 0 Å². The van der Waals surface area contributed by atoms with E-state index in [9.17, 15) is 0 Å². The van der Waals surface area contributed by atoms with Gasteiger partial charge in [-0.15, -0.1) is 0 Å². The van der Waals surface area contributed by atoms with Gasteiger partial charge in [0, 0.05) is 18.7 Å². The van der Waals surface area contributed by atoms with Gasteiger partial charge in [0.15, 0.2) is 5.82 Å². The summed E-state index contributed by atoms with van der Waals surface area (Å²) in [5.41, 5.74) is 3.21. The highest BCUT2D eigenvalue weighted by molar-refractivity contribution is 6.29. The minimum absolute atomic E-state index is 0.363. The second-order valence-electron chi connectivity index (χ2n) is 4.38. The van der Waals surface area contributed by atoms with Gasteiger partial charge in [0.2, 0.25) is 0 Å². The number of ether oxygens (including phenoxy) is 1. The van der Waals surface area contributed by atoms with Crippen molar-refractivity contribution in [3.8, 4) is 11.3 Å². The maximum absolute atomic E-state index is 6.03. The quantitative estimate of drug-likeness (QED) is 0.777. The van der Waals surface area contributed by atoms with Crippen molar-refractivity contribution in [2.75, 3.05) is 7.11 Å². The van der Waals surface area contributed by atoms with Crippen LogP contribution >= 0.6 is 11.6 Å². The molecule has 2 rings (SSSR count). The Morgan fingerprint density at radius 2 is 2.05 bits per heavy atom. The molecular formula is C15H17ClN2O. The van der Waals surface area contributed by atoms with Crippen LogP contribution in [0.3, 0.4) is 0 Å². The third-order valence-electron chi connectivity index (χ3n) is 2.78. The summed E-state index contributed by atoms with van der Waals surface area (Å²) >= 11 is 6.03. The van der Waals surface area contributed by atoms with Crippen LogP contribution in [0.25, 0.3) is 11.3 Å². The van der Waals surface area contributed by atoms with Gasteiger partial charge in [-0.2, -0.15) is 0 Å². The molecule has 0 fully saturated rings. The summed E-state index contributed by atoms with van der Waals surface area (Å²) in [7, 11) is 1.62. The van der Waals surface area contributed by atoms with Gasteiger partial charge in [-0.1, -0.05) is 43.1 Å². The zero-order valence-electron chi connectivity index (χ0n) is 11.2. The lowest BCUT2D eigenvalue weighted by Crippen LogP contribution is -1.99. The van der Waals surface area contributed by atoms with E-state index in [-0.39, 0.29) is 0 Å². The minimum Gasteiger partial charge on any atom is -0.377 e. The van der Waals surface area contributed by atoms with Crippen LogP contribution in [0, 0.1) is 0 Å². The van der Waals surface area contributed by atoms with Crippen molar-refractivity contribution in [1.29, 1.82) is 0 Å². The van der Waals surface area contributed by atoms with Crippen LogP contribution in [-0.4, -0.2) is 17.1 Å². The van der Waals surface area contributed by atoms with E-state index in [4.69, 9.17) is 16.3 Å². The smallest absolute Gasteiger partial charge is 0.156 e. The molecule has 100 valence electrons. The number of methoxy groups -OCH3 is 1. The molecule has 0 bridgehead atoms. The number of hydrogen-bond acceptors (Lipinski definition) is 3. The number of benzene rings is 1. The van der Waals surface area contributed by atoms with Gasteiger partial charge in [-0.25, -0.2) is 9.97 Å². The lowest BCUT2D eigenvalue weighted by molar-refractivity contribution is 0.178. The van der Waals surface area contributed by atoms with E-state index in [1.807, 2.05) is 12.1 Å². The van der Waals surface area contributed by atoms with Crippen molar-refractivity contribution in [2.45, 2.75) is 26.4 Å². The summed E-state index contributed by atoms with van der Waals surface area (Å²) in [5.74, 6) is 0.603. The Morgan fingerprint density at radius 1 is 1.21 bits per heavy atom. The van der Waals surface area contributed by atoms with Crippen molar-refractivity contribution in [3.63, 3.8) is 0 Å². The molecule has 0 spiro atoms. The first kappa shape index (κ1) is 14.0. The minimum atomic E-state index is 0.363. The van der Waals surface area contributed by atoms with E-state index in [1.54, 1.807) is 13.2 Å². The Balaban J connectivity index is 2.37. The molecule has 0 aliphatic heterocycles. The Bertz CT molecular complexity index is 558. The molecule has 1 aromatic carbocycles. The average Bonchev–Trinajstić information content (AvgIpc) is 2.39. The zero-order valence-corrected chi connectivity index (χ0v) is 11.9. The predicted octanol–water partition coefficient (Wildman–Crippen LogP) is 3.90. The molecule has 2 aromatic rings. The summed E-state index contributed by atoms with van der Waals surface area (Å²) in [4.78, 5) is 8.61. The highest BCUT2D eigenvalue weighted by atomic mass is 35.5. The maximum atomic E-state index is 6.03. The van der Waals surface area contributed by atoms with Gasteiger partial charge in [-0.05, 0) is 18.1 Å². The highest BCUT2D eigenvalue weighted by Crippen LogP contribution is 2.21. The van der Waals surface area contributed by atoms with Crippen molar-refractivity contribution in [2.24, 2.45) is 0 Å². The number of halogens is 1. The Kier molecular flexibility index (Phi) is 4.88. The third kappa shape index (κ3) is 3.75. The van der Waals surface area contributed by atoms with Crippen LogP contribution in [0.2, 0.25) is 5.15 Å². The lowest BCUT2D eigenvalue weighted by atomic mass is 10.0. The van der Waals surface area contributed by atoms with Crippen LogP contribution in [0.1, 0.15) is 24.7 Å². The molecule has 0 amide bonds. The summed E-state index contributed by atoms with van der Waals surface area (Å²) in [6.45, 7) is 2.53. The standard InChI is InChI=1S/C15H17ClN2O/c1-3-5-11-6-4-7-12(8-11)13-9-14(16)18-15(17-13)10-19-2/h4,6-9H,3,5,10H2,1-2H3. The Morgan fingerprint density at radius 3 is 2.79 bits per heavy atom. The number of hydrogen-bond donors (Lipinski definition) is 0. The molecule has 0 aliphatic carbocycles. The summed E-state index contributed by atoms with van der Waals surface area (Å²) in [5, 5.41) is 0.443. The second kappa shape index (κ2) is 6.64. The molecule has 0 atom stereocenters. The molecule has 3 nitrogen and oxygen atoms in total. The number of aryl methyl sites for hydroxylation is 1. The summed E-state index contributed by atoms with van der Waals surface area (Å²) in [6.07, 6.45) is 2.19. The number of nitrogens with zero attached hydrogens (tertiary/aromatic N) is 2. The Hall–Kier alpha value is -1.45. The van der Waals surface area contributed by atoms with Crippen molar-refractivity contribution in [3.05, 3.63) is 46.9 Å². The molecule has 0 radical (unpaired) electrons. The van der Waals surface area contributed by atoms with Gasteiger partial charge in [0.05, 0.1) is 5.69 Å². The van der Waals surface area contributed by atoms with E-state index in [0.29, 0.717) is 17.6 Å². The van der Waals surface area contributed by atoms with Gasteiger partial charge in [0.25, 0.3) is 0 Å². The fraction of sp³-hybridized carbons (Fsp3) is 0.333. The molecule has 1 heterocycles. The van der Waals surface area contributed by atoms with Gasteiger partial charge >= 0.3 is 0 Å². The van der Waals surface area contributed by atoms with E-state index in [0.717, 1.165) is 24.1 Å². The second-order valence-corrected chi connectivity index (χ2v) is 4.76. The topological polar surface area (TPSA) is 35.0 Å². The predicted molar refractivity (Wildman–Crippen MR) is 77.2 cm³/mol. The molecule has 0 saturated carbocycles. The Labute approximate surface area is 118 Å². The van der Waals surface area contributed by atoms with Gasteiger partial charge in [0.1, 0.15) is 11.8 Å². The van der Waals surface area contributed by atoms with Gasteiger partial charge in [-0.3, -0.25) is 0 Å². The molecule has 4 heteroatoms. The van der Waals surface area contributed by atoms with Crippen molar-refractivity contribution in [1.82, 2.24) is 9.97 Å². The van der Waals surface area contributed by atoms with Crippen molar-refractivity contribution < 1.29 is 4.74 Å². The number of aromatic nitrogens is 2. The van der Waals surface area contributed by atoms with Crippen LogP contribution in [0.15, 0.2) is 30.3 Å². The fourth-order valence-electron chi connectivity index (χ4n) is 1.98. The molecule has 0 aliphatic rings. The van der Waals surface area contributed by atoms with Crippen LogP contribution in [0.5, 0.6) is 0 Å². The summed E-state index contributed by atoms with van der Waals surface area (Å²) in [6, 6.07) is 10.1. The molecular weight excluding hydrogens is 260 g/mol. The summed E-state index contributed by atoms with van der Waals surface area (Å²) < 4.78 is 5.05. The zero-order chi connectivity index (χ0) is 13.7. The highest BCUT2D eigenvalue weighted by Gasteiger charge is 2.06. The average molecular weight is 277 g/mol. The van der Waals surface area contributed by atoms with E-state index in [1.165, 1.54) is 5.56 Å².